The maximum atomic E-state index is 12.0. The number of para-hydroxylation sites is 1. The van der Waals surface area contributed by atoms with Crippen LogP contribution in [0.2, 0.25) is 0 Å². The van der Waals surface area contributed by atoms with Crippen LogP contribution in [0.3, 0.4) is 0 Å². The Morgan fingerprint density at radius 1 is 1.00 bits per heavy atom. The van der Waals surface area contributed by atoms with Gasteiger partial charge in [-0.25, -0.2) is 8.42 Å². The average Bonchev–Trinajstić information content (AvgIpc) is 2.82. The maximum Gasteiger partial charge on any atom is 0.308 e. The van der Waals surface area contributed by atoms with Gasteiger partial charge in [0.05, 0.1) is 18.0 Å². The van der Waals surface area contributed by atoms with Crippen molar-refractivity contribution in [2.24, 2.45) is 0 Å². The molecule has 3 N–H and O–H groups in total. The van der Waals surface area contributed by atoms with Crippen molar-refractivity contribution in [1.82, 2.24) is 5.32 Å². The van der Waals surface area contributed by atoms with Gasteiger partial charge in [0.15, 0.2) is 0 Å². The van der Waals surface area contributed by atoms with Crippen molar-refractivity contribution >= 4 is 21.7 Å². The van der Waals surface area contributed by atoms with E-state index in [-0.39, 0.29) is 24.8 Å². The van der Waals surface area contributed by atoms with Crippen LogP contribution in [0, 0.1) is 0 Å². The highest BCUT2D eigenvalue weighted by Crippen LogP contribution is 2.30. The molecule has 0 aliphatic heterocycles. The van der Waals surface area contributed by atoms with Gasteiger partial charge in [0.2, 0.25) is 10.0 Å². The number of ether oxygens (including phenoxy) is 2. The zero-order chi connectivity index (χ0) is 27.1. The van der Waals surface area contributed by atoms with Gasteiger partial charge < -0.3 is 19.9 Å². The van der Waals surface area contributed by atoms with Gasteiger partial charge in [0, 0.05) is 19.0 Å². The fourth-order valence-electron chi connectivity index (χ4n) is 3.83. The number of sulfonamides is 1. The van der Waals surface area contributed by atoms with Gasteiger partial charge in [0.1, 0.15) is 18.1 Å². The van der Waals surface area contributed by atoms with Gasteiger partial charge >= 0.3 is 5.97 Å². The molecule has 0 bridgehead atoms. The van der Waals surface area contributed by atoms with E-state index in [0.29, 0.717) is 23.5 Å². The number of carbonyl (C=O) groups excluding carboxylic acids is 1. The lowest BCUT2D eigenvalue weighted by atomic mass is 9.93. The lowest BCUT2D eigenvalue weighted by Crippen LogP contribution is -2.43. The molecule has 0 amide bonds. The van der Waals surface area contributed by atoms with Crippen molar-refractivity contribution in [3.63, 3.8) is 0 Å². The summed E-state index contributed by atoms with van der Waals surface area (Å²) in [5.41, 5.74) is 2.15. The van der Waals surface area contributed by atoms with E-state index in [1.807, 2.05) is 56.3 Å². The van der Waals surface area contributed by atoms with Crippen LogP contribution < -0.4 is 19.5 Å². The van der Waals surface area contributed by atoms with E-state index in [9.17, 15) is 18.3 Å². The minimum atomic E-state index is -3.57. The number of nitrogens with one attached hydrogen (secondary N) is 2. The molecule has 0 fully saturated rings. The third-order valence-corrected chi connectivity index (χ3v) is 6.14. The molecule has 0 aliphatic rings. The van der Waals surface area contributed by atoms with Crippen molar-refractivity contribution in [3.8, 4) is 11.5 Å². The first-order valence-corrected chi connectivity index (χ1v) is 13.8. The first-order chi connectivity index (χ1) is 17.4. The zero-order valence-corrected chi connectivity index (χ0v) is 22.3. The number of carbonyl (C=O) groups is 1. The normalized spacial score (nSPS) is 12.6. The van der Waals surface area contributed by atoms with E-state index in [2.05, 4.69) is 10.0 Å². The van der Waals surface area contributed by atoms with E-state index in [1.54, 1.807) is 30.3 Å². The quantitative estimate of drug-likeness (QED) is 0.239. The van der Waals surface area contributed by atoms with Crippen LogP contribution in [0.5, 0.6) is 11.5 Å². The fraction of sp³-hybridized carbons (Fsp3) is 0.321. The van der Waals surface area contributed by atoms with Gasteiger partial charge in [-0.15, -0.1) is 0 Å². The Morgan fingerprint density at radius 2 is 1.68 bits per heavy atom. The van der Waals surface area contributed by atoms with E-state index in [0.717, 1.165) is 17.4 Å². The van der Waals surface area contributed by atoms with Crippen LogP contribution in [0.4, 0.5) is 5.69 Å². The Labute approximate surface area is 218 Å². The second-order valence-corrected chi connectivity index (χ2v) is 11.3. The van der Waals surface area contributed by atoms with Gasteiger partial charge in [-0.2, -0.15) is 0 Å². The average molecular weight is 527 g/mol. The van der Waals surface area contributed by atoms with E-state index in [4.69, 9.17) is 9.47 Å². The maximum absolute atomic E-state index is 12.0. The third-order valence-electron chi connectivity index (χ3n) is 5.55. The largest absolute Gasteiger partial charge is 0.487 e. The van der Waals surface area contributed by atoms with Crippen LogP contribution >= 0.6 is 0 Å². The zero-order valence-electron chi connectivity index (χ0n) is 21.5. The molecule has 0 aliphatic carbocycles. The number of anilines is 1. The smallest absolute Gasteiger partial charge is 0.308 e. The second kappa shape index (κ2) is 12.2. The molecule has 0 spiro atoms. The number of aliphatic hydroxyl groups is 1. The molecule has 1 unspecified atom stereocenters. The summed E-state index contributed by atoms with van der Waals surface area (Å²) in [6.07, 6.45) is 0.705. The molecule has 0 saturated heterocycles. The lowest BCUT2D eigenvalue weighted by Gasteiger charge is -2.29. The topological polar surface area (TPSA) is 114 Å². The first-order valence-electron chi connectivity index (χ1n) is 11.9. The minimum Gasteiger partial charge on any atom is -0.487 e. The number of aliphatic hydroxyl groups excluding tert-OH is 1. The molecule has 3 aromatic carbocycles. The molecular formula is C28H34N2O6S. The summed E-state index contributed by atoms with van der Waals surface area (Å²) in [7, 11) is -3.57. The van der Waals surface area contributed by atoms with Crippen LogP contribution in [0.15, 0.2) is 72.8 Å². The molecule has 198 valence electrons. The summed E-state index contributed by atoms with van der Waals surface area (Å²) in [4.78, 5) is 11.4. The SMILES string of the molecule is CC(=O)Oc1ccccc1CC(C)(C)NCC(O)c1ccc(OCc2ccccc2)c(NS(C)(=O)=O)c1. The minimum absolute atomic E-state index is 0.214. The van der Waals surface area contributed by atoms with E-state index < -0.39 is 21.7 Å². The number of esters is 1. The van der Waals surface area contributed by atoms with Crippen LogP contribution in [-0.4, -0.2) is 37.8 Å². The van der Waals surface area contributed by atoms with Crippen molar-refractivity contribution in [2.45, 2.75) is 45.4 Å². The molecule has 37 heavy (non-hydrogen) atoms. The molecular weight excluding hydrogens is 492 g/mol. The highest BCUT2D eigenvalue weighted by Gasteiger charge is 2.23. The predicted molar refractivity (Wildman–Crippen MR) is 144 cm³/mol. The molecule has 0 heterocycles. The number of benzene rings is 3. The summed E-state index contributed by atoms with van der Waals surface area (Å²) in [6, 6.07) is 21.8. The number of hydrogen-bond donors (Lipinski definition) is 3. The van der Waals surface area contributed by atoms with Gasteiger partial charge in [-0.3, -0.25) is 9.52 Å². The molecule has 0 radical (unpaired) electrons. The Balaban J connectivity index is 1.70. The van der Waals surface area contributed by atoms with Gasteiger partial charge in [-0.05, 0) is 55.2 Å². The van der Waals surface area contributed by atoms with Crippen LogP contribution in [0.25, 0.3) is 0 Å². The van der Waals surface area contributed by atoms with Crippen molar-refractivity contribution in [2.75, 3.05) is 17.5 Å². The van der Waals surface area contributed by atoms with Crippen molar-refractivity contribution < 1.29 is 27.8 Å². The molecule has 0 aromatic heterocycles. The highest BCUT2D eigenvalue weighted by molar-refractivity contribution is 7.92. The number of hydrogen-bond acceptors (Lipinski definition) is 7. The summed E-state index contributed by atoms with van der Waals surface area (Å²) in [5, 5.41) is 14.3. The molecule has 9 heteroatoms. The van der Waals surface area contributed by atoms with Gasteiger partial charge in [0.25, 0.3) is 0 Å². The van der Waals surface area contributed by atoms with Crippen molar-refractivity contribution in [1.29, 1.82) is 0 Å². The molecule has 8 nitrogen and oxygen atoms in total. The molecule has 0 saturated carbocycles. The monoisotopic (exact) mass is 526 g/mol. The lowest BCUT2D eigenvalue weighted by molar-refractivity contribution is -0.131. The number of rotatable bonds is 12. The van der Waals surface area contributed by atoms with Crippen molar-refractivity contribution in [3.05, 3.63) is 89.5 Å². The third kappa shape index (κ3) is 9.20. The van der Waals surface area contributed by atoms with Gasteiger partial charge in [-0.1, -0.05) is 54.6 Å². The predicted octanol–water partition coefficient (Wildman–Crippen LogP) is 4.21. The van der Waals surface area contributed by atoms with Crippen LogP contribution in [0.1, 0.15) is 43.6 Å². The standard InChI is InChI=1S/C28H34N2O6S/c1-20(31)36-26-13-9-8-12-23(26)17-28(2,3)29-18-25(32)22-14-15-27(24(16-22)30-37(4,33)34)35-19-21-10-6-5-7-11-21/h5-16,25,29-30,32H,17-19H2,1-4H3. The second-order valence-electron chi connectivity index (χ2n) is 9.56. The van der Waals surface area contributed by atoms with Crippen LogP contribution in [-0.2, 0) is 27.8 Å². The summed E-state index contributed by atoms with van der Waals surface area (Å²) in [6.45, 7) is 5.82. The van der Waals surface area contributed by atoms with E-state index in [1.165, 1.54) is 6.92 Å². The molecule has 3 rings (SSSR count). The summed E-state index contributed by atoms with van der Waals surface area (Å²) < 4.78 is 37.6. The van der Waals surface area contributed by atoms with E-state index >= 15 is 0 Å². The Hall–Kier alpha value is -3.40. The Bertz CT molecular complexity index is 1310. The number of β-amino-alcohol motifs (C(OH)–C–C–N with tert-alkyl or cyclic N) is 1. The molecule has 1 atom stereocenters. The summed E-state index contributed by atoms with van der Waals surface area (Å²) in [5.74, 6) is 0.483. The summed E-state index contributed by atoms with van der Waals surface area (Å²) >= 11 is 0. The molecule has 3 aromatic rings. The Kier molecular flexibility index (Phi) is 9.31. The fourth-order valence-corrected chi connectivity index (χ4v) is 4.39. The Morgan fingerprint density at radius 3 is 2.35 bits per heavy atom. The first kappa shape index (κ1) is 28.2. The highest BCUT2D eigenvalue weighted by atomic mass is 32.2.